The highest BCUT2D eigenvalue weighted by Crippen LogP contribution is 1.86. The first-order chi connectivity index (χ1) is 5.07. The molecule has 3 heteroatoms. The number of hydrogen-bond donors (Lipinski definition) is 2. The third kappa shape index (κ3) is 4.56. The van der Waals surface area contributed by atoms with Crippen molar-refractivity contribution < 1.29 is 4.79 Å². The zero-order chi connectivity index (χ0) is 8.85. The number of nitrogens with one attached hydrogen (secondary N) is 2. The number of carbonyl (C=O) groups excluding carboxylic acids is 1. The molecule has 0 aliphatic carbocycles. The minimum atomic E-state index is -0.0987. The quantitative estimate of drug-likeness (QED) is 0.463. The van der Waals surface area contributed by atoms with Crippen molar-refractivity contribution >= 4 is 5.91 Å². The van der Waals surface area contributed by atoms with E-state index in [1.54, 1.807) is 6.92 Å². The second-order valence-corrected chi connectivity index (χ2v) is 2.53. The van der Waals surface area contributed by atoms with Crippen LogP contribution >= 0.6 is 0 Å². The van der Waals surface area contributed by atoms with Gasteiger partial charge < -0.3 is 5.32 Å². The van der Waals surface area contributed by atoms with Crippen molar-refractivity contribution in [2.75, 3.05) is 6.54 Å². The third-order valence-corrected chi connectivity index (χ3v) is 1.25. The van der Waals surface area contributed by atoms with E-state index < -0.39 is 0 Å². The summed E-state index contributed by atoms with van der Waals surface area (Å²) in [6.07, 6.45) is 0.0178. The fraction of sp³-hybridized carbons (Fsp3) is 0.625. The summed E-state index contributed by atoms with van der Waals surface area (Å²) in [6, 6.07) is 0. The van der Waals surface area contributed by atoms with Crippen LogP contribution in [0.5, 0.6) is 0 Å². The number of rotatable bonds is 4. The fourth-order valence-corrected chi connectivity index (χ4v) is 0.677. The van der Waals surface area contributed by atoms with E-state index in [4.69, 9.17) is 0 Å². The van der Waals surface area contributed by atoms with Gasteiger partial charge >= 0.3 is 0 Å². The standard InChI is InChI=1S/C8H16N2O/c1-5-9-7(4)10-8(11)6(2)3/h7,9H,2,5H2,1,3-4H3,(H,10,11). The van der Waals surface area contributed by atoms with E-state index in [9.17, 15) is 4.79 Å². The molecule has 1 amide bonds. The molecule has 1 atom stereocenters. The molecule has 0 aliphatic heterocycles. The lowest BCUT2D eigenvalue weighted by Gasteiger charge is -2.13. The third-order valence-electron chi connectivity index (χ3n) is 1.25. The maximum atomic E-state index is 11.0. The Morgan fingerprint density at radius 3 is 2.55 bits per heavy atom. The van der Waals surface area contributed by atoms with Gasteiger partial charge in [0.05, 0.1) is 6.17 Å². The number of hydrogen-bond acceptors (Lipinski definition) is 2. The van der Waals surface area contributed by atoms with Crippen LogP contribution in [0, 0.1) is 0 Å². The molecule has 3 nitrogen and oxygen atoms in total. The first kappa shape index (κ1) is 10.2. The molecule has 0 aromatic carbocycles. The zero-order valence-electron chi connectivity index (χ0n) is 7.40. The second-order valence-electron chi connectivity index (χ2n) is 2.53. The molecule has 0 aliphatic rings. The molecule has 0 radical (unpaired) electrons. The normalized spacial score (nSPS) is 12.3. The van der Waals surface area contributed by atoms with Crippen LogP contribution in [0.15, 0.2) is 12.2 Å². The van der Waals surface area contributed by atoms with Gasteiger partial charge in [0.15, 0.2) is 0 Å². The summed E-state index contributed by atoms with van der Waals surface area (Å²) in [6.45, 7) is 9.94. The van der Waals surface area contributed by atoms with E-state index >= 15 is 0 Å². The van der Waals surface area contributed by atoms with E-state index in [-0.39, 0.29) is 12.1 Å². The summed E-state index contributed by atoms with van der Waals surface area (Å²) in [4.78, 5) is 11.0. The molecule has 11 heavy (non-hydrogen) atoms. The highest BCUT2D eigenvalue weighted by atomic mass is 16.1. The van der Waals surface area contributed by atoms with Crippen molar-refractivity contribution in [3.05, 3.63) is 12.2 Å². The van der Waals surface area contributed by atoms with Gasteiger partial charge in [0.25, 0.3) is 0 Å². The SMILES string of the molecule is C=C(C)C(=O)NC(C)NCC. The minimum Gasteiger partial charge on any atom is -0.337 e. The molecule has 2 N–H and O–H groups in total. The van der Waals surface area contributed by atoms with E-state index in [1.807, 2.05) is 13.8 Å². The van der Waals surface area contributed by atoms with Gasteiger partial charge in [-0.2, -0.15) is 0 Å². The fourth-order valence-electron chi connectivity index (χ4n) is 0.677. The maximum absolute atomic E-state index is 11.0. The molecule has 64 valence electrons. The molecule has 0 saturated heterocycles. The summed E-state index contributed by atoms with van der Waals surface area (Å²) in [5.41, 5.74) is 0.537. The van der Waals surface area contributed by atoms with E-state index in [0.717, 1.165) is 6.54 Å². The summed E-state index contributed by atoms with van der Waals surface area (Å²) < 4.78 is 0. The molecule has 0 saturated carbocycles. The summed E-state index contributed by atoms with van der Waals surface area (Å²) in [7, 11) is 0. The first-order valence-corrected chi connectivity index (χ1v) is 3.77. The monoisotopic (exact) mass is 156 g/mol. The van der Waals surface area contributed by atoms with Crippen LogP contribution in [0.25, 0.3) is 0 Å². The molecule has 0 fully saturated rings. The van der Waals surface area contributed by atoms with Crippen molar-refractivity contribution in [3.8, 4) is 0 Å². The van der Waals surface area contributed by atoms with Gasteiger partial charge in [-0.1, -0.05) is 13.5 Å². The van der Waals surface area contributed by atoms with Gasteiger partial charge in [0.2, 0.25) is 5.91 Å². The summed E-state index contributed by atoms with van der Waals surface area (Å²) in [5.74, 6) is -0.0987. The van der Waals surface area contributed by atoms with Crippen molar-refractivity contribution in [1.82, 2.24) is 10.6 Å². The first-order valence-electron chi connectivity index (χ1n) is 3.77. The van der Waals surface area contributed by atoms with E-state index in [0.29, 0.717) is 5.57 Å². The van der Waals surface area contributed by atoms with Crippen LogP contribution in [0.2, 0.25) is 0 Å². The van der Waals surface area contributed by atoms with Crippen LogP contribution < -0.4 is 10.6 Å². The van der Waals surface area contributed by atoms with Crippen LogP contribution in [0.4, 0.5) is 0 Å². The Labute approximate surface area is 67.9 Å². The zero-order valence-corrected chi connectivity index (χ0v) is 7.40. The van der Waals surface area contributed by atoms with Crippen LogP contribution in [0.1, 0.15) is 20.8 Å². The minimum absolute atomic E-state index is 0.0178. The molecular formula is C8H16N2O. The van der Waals surface area contributed by atoms with E-state index in [1.165, 1.54) is 0 Å². The second kappa shape index (κ2) is 4.91. The van der Waals surface area contributed by atoms with Crippen LogP contribution in [-0.4, -0.2) is 18.6 Å². The molecule has 0 spiro atoms. The number of carbonyl (C=O) groups is 1. The lowest BCUT2D eigenvalue weighted by atomic mass is 10.3. The van der Waals surface area contributed by atoms with Gasteiger partial charge in [0, 0.05) is 5.57 Å². The molecule has 0 aromatic heterocycles. The Kier molecular flexibility index (Phi) is 4.54. The summed E-state index contributed by atoms with van der Waals surface area (Å²) >= 11 is 0. The lowest BCUT2D eigenvalue weighted by molar-refractivity contribution is -0.118. The molecule has 0 heterocycles. The average Bonchev–Trinajstić information content (AvgIpc) is 1.87. The lowest BCUT2D eigenvalue weighted by Crippen LogP contribution is -2.43. The Balaban J connectivity index is 3.66. The maximum Gasteiger partial charge on any atom is 0.247 e. The Hall–Kier alpha value is -0.830. The van der Waals surface area contributed by atoms with Crippen LogP contribution in [-0.2, 0) is 4.79 Å². The van der Waals surface area contributed by atoms with Crippen molar-refractivity contribution in [2.45, 2.75) is 26.9 Å². The molecule has 0 bridgehead atoms. The summed E-state index contributed by atoms with van der Waals surface area (Å²) in [5, 5.41) is 5.79. The van der Waals surface area contributed by atoms with Gasteiger partial charge in [-0.25, -0.2) is 0 Å². The number of amides is 1. The Morgan fingerprint density at radius 1 is 1.64 bits per heavy atom. The molecule has 0 rings (SSSR count). The van der Waals surface area contributed by atoms with Gasteiger partial charge in [-0.05, 0) is 20.4 Å². The van der Waals surface area contributed by atoms with Crippen molar-refractivity contribution in [2.24, 2.45) is 0 Å². The Morgan fingerprint density at radius 2 is 2.18 bits per heavy atom. The van der Waals surface area contributed by atoms with Gasteiger partial charge in [-0.15, -0.1) is 0 Å². The van der Waals surface area contributed by atoms with E-state index in [2.05, 4.69) is 17.2 Å². The smallest absolute Gasteiger partial charge is 0.247 e. The van der Waals surface area contributed by atoms with Crippen molar-refractivity contribution in [1.29, 1.82) is 0 Å². The highest BCUT2D eigenvalue weighted by Gasteiger charge is 2.04. The largest absolute Gasteiger partial charge is 0.337 e. The van der Waals surface area contributed by atoms with Gasteiger partial charge in [0.1, 0.15) is 0 Å². The molecular weight excluding hydrogens is 140 g/mol. The topological polar surface area (TPSA) is 41.1 Å². The predicted molar refractivity (Wildman–Crippen MR) is 46.1 cm³/mol. The van der Waals surface area contributed by atoms with Crippen molar-refractivity contribution in [3.63, 3.8) is 0 Å². The predicted octanol–water partition coefficient (Wildman–Crippen LogP) is 0.634. The highest BCUT2D eigenvalue weighted by molar-refractivity contribution is 5.92. The van der Waals surface area contributed by atoms with Crippen LogP contribution in [0.3, 0.4) is 0 Å². The Bertz CT molecular complexity index is 154. The molecule has 0 aromatic rings. The average molecular weight is 156 g/mol. The van der Waals surface area contributed by atoms with Gasteiger partial charge in [-0.3, -0.25) is 10.1 Å². The molecule has 1 unspecified atom stereocenters.